The van der Waals surface area contributed by atoms with E-state index in [2.05, 4.69) is 5.32 Å². The monoisotopic (exact) mass is 335 g/mol. The van der Waals surface area contributed by atoms with Crippen molar-refractivity contribution in [3.05, 3.63) is 66.7 Å². The van der Waals surface area contributed by atoms with Gasteiger partial charge in [-0.2, -0.15) is 0 Å². The number of aliphatic carboxylic acids is 1. The summed E-state index contributed by atoms with van der Waals surface area (Å²) in [6.45, 7) is 0. The summed E-state index contributed by atoms with van der Waals surface area (Å²) < 4.78 is 5.58. The van der Waals surface area contributed by atoms with Gasteiger partial charge < -0.3 is 15.2 Å². The predicted octanol–water partition coefficient (Wildman–Crippen LogP) is 2.95. The van der Waals surface area contributed by atoms with Gasteiger partial charge >= 0.3 is 5.97 Å². The summed E-state index contributed by atoms with van der Waals surface area (Å²) in [6, 6.07) is 17.2. The molecule has 0 saturated carbocycles. The average molecular weight is 335 g/mol. The number of carboxylic acids is 1. The molecular weight excluding hydrogens is 318 g/mol. The molecule has 2 heterocycles. The van der Waals surface area contributed by atoms with Crippen LogP contribution in [0.25, 0.3) is 11.1 Å². The molecule has 2 aromatic rings. The second-order valence-corrected chi connectivity index (χ2v) is 6.24. The van der Waals surface area contributed by atoms with E-state index in [1.54, 1.807) is 12.2 Å². The number of carbonyl (C=O) groups is 2. The second-order valence-electron chi connectivity index (χ2n) is 6.24. The quantitative estimate of drug-likeness (QED) is 0.843. The molecule has 4 rings (SSSR count). The van der Waals surface area contributed by atoms with Crippen LogP contribution in [0.3, 0.4) is 0 Å². The van der Waals surface area contributed by atoms with E-state index >= 15 is 0 Å². The van der Waals surface area contributed by atoms with Gasteiger partial charge in [0.25, 0.3) is 0 Å². The highest BCUT2D eigenvalue weighted by molar-refractivity contribution is 5.99. The Kier molecular flexibility index (Phi) is 3.86. The Morgan fingerprint density at radius 1 is 0.880 bits per heavy atom. The zero-order valence-corrected chi connectivity index (χ0v) is 13.3. The van der Waals surface area contributed by atoms with Crippen LogP contribution in [0.2, 0.25) is 0 Å². The van der Waals surface area contributed by atoms with Gasteiger partial charge in [0, 0.05) is 11.3 Å². The van der Waals surface area contributed by atoms with E-state index in [-0.39, 0.29) is 5.91 Å². The van der Waals surface area contributed by atoms with Crippen LogP contribution in [0.5, 0.6) is 0 Å². The molecule has 1 fully saturated rings. The minimum atomic E-state index is -1.01. The largest absolute Gasteiger partial charge is 0.481 e. The first kappa shape index (κ1) is 15.6. The van der Waals surface area contributed by atoms with E-state index in [1.807, 2.05) is 54.6 Å². The fourth-order valence-electron chi connectivity index (χ4n) is 3.59. The molecule has 5 heteroatoms. The molecule has 1 saturated heterocycles. The standard InChI is InChI=1S/C20H17NO4/c22-19(17-15-10-11-16(25-15)18(17)20(23)24)21-14-9-5-4-8-13(14)12-6-2-1-3-7-12/h1-11,15-18H,(H,21,22)(H,23,24)/t15-,16+,17+,18-/m0/s1. The Labute approximate surface area is 144 Å². The molecule has 2 aliphatic heterocycles. The molecular formula is C20H17NO4. The third kappa shape index (κ3) is 2.72. The predicted molar refractivity (Wildman–Crippen MR) is 92.9 cm³/mol. The van der Waals surface area contributed by atoms with Gasteiger partial charge in [0.1, 0.15) is 5.92 Å². The van der Waals surface area contributed by atoms with Crippen molar-refractivity contribution in [1.82, 2.24) is 0 Å². The van der Waals surface area contributed by atoms with Gasteiger partial charge in [-0.3, -0.25) is 9.59 Å². The lowest BCUT2D eigenvalue weighted by Crippen LogP contribution is -2.39. The van der Waals surface area contributed by atoms with Crippen molar-refractivity contribution in [2.24, 2.45) is 11.8 Å². The highest BCUT2D eigenvalue weighted by atomic mass is 16.5. The van der Waals surface area contributed by atoms with Gasteiger partial charge in [0.2, 0.25) is 5.91 Å². The van der Waals surface area contributed by atoms with Crippen LogP contribution in [-0.2, 0) is 14.3 Å². The number of fused-ring (bicyclic) bond motifs is 2. The number of hydrogen-bond donors (Lipinski definition) is 2. The summed E-state index contributed by atoms with van der Waals surface area (Å²) in [4.78, 5) is 24.4. The summed E-state index contributed by atoms with van der Waals surface area (Å²) in [5.74, 6) is -2.91. The Bertz CT molecular complexity index is 846. The number of nitrogens with one attached hydrogen (secondary N) is 1. The number of rotatable bonds is 4. The molecule has 25 heavy (non-hydrogen) atoms. The Balaban J connectivity index is 1.62. The summed E-state index contributed by atoms with van der Waals surface area (Å²) in [5, 5.41) is 12.4. The molecule has 0 spiro atoms. The van der Waals surface area contributed by atoms with E-state index in [9.17, 15) is 14.7 Å². The van der Waals surface area contributed by atoms with Crippen molar-refractivity contribution in [2.75, 3.05) is 5.32 Å². The highest BCUT2D eigenvalue weighted by Gasteiger charge is 2.53. The van der Waals surface area contributed by atoms with Crippen LogP contribution >= 0.6 is 0 Å². The molecule has 1 amide bonds. The first-order valence-electron chi connectivity index (χ1n) is 8.17. The smallest absolute Gasteiger partial charge is 0.310 e. The van der Waals surface area contributed by atoms with E-state index in [0.717, 1.165) is 11.1 Å². The topological polar surface area (TPSA) is 75.6 Å². The lowest BCUT2D eigenvalue weighted by atomic mass is 9.82. The molecule has 2 bridgehead atoms. The molecule has 4 atom stereocenters. The summed E-state index contributed by atoms with van der Waals surface area (Å²) in [5.41, 5.74) is 2.54. The van der Waals surface area contributed by atoms with Gasteiger partial charge in [-0.1, -0.05) is 60.7 Å². The minimum Gasteiger partial charge on any atom is -0.481 e. The van der Waals surface area contributed by atoms with Gasteiger partial charge in [-0.15, -0.1) is 0 Å². The third-order valence-electron chi connectivity index (χ3n) is 4.76. The Morgan fingerprint density at radius 2 is 1.52 bits per heavy atom. The second kappa shape index (κ2) is 6.18. The number of carbonyl (C=O) groups excluding carboxylic acids is 1. The number of benzene rings is 2. The van der Waals surface area contributed by atoms with Gasteiger partial charge in [-0.05, 0) is 11.6 Å². The number of amides is 1. The molecule has 2 aliphatic rings. The van der Waals surface area contributed by atoms with E-state index < -0.39 is 30.0 Å². The fourth-order valence-corrected chi connectivity index (χ4v) is 3.59. The fraction of sp³-hybridized carbons (Fsp3) is 0.200. The van der Waals surface area contributed by atoms with Crippen molar-refractivity contribution in [3.8, 4) is 11.1 Å². The van der Waals surface area contributed by atoms with Crippen LogP contribution in [-0.4, -0.2) is 29.2 Å². The third-order valence-corrected chi connectivity index (χ3v) is 4.76. The van der Waals surface area contributed by atoms with Crippen molar-refractivity contribution in [2.45, 2.75) is 12.2 Å². The molecule has 5 nitrogen and oxygen atoms in total. The summed E-state index contributed by atoms with van der Waals surface area (Å²) in [6.07, 6.45) is 2.50. The van der Waals surface area contributed by atoms with Gasteiger partial charge in [0.05, 0.1) is 18.1 Å². The number of ether oxygens (including phenoxy) is 1. The number of carboxylic acid groups (broad SMARTS) is 1. The van der Waals surface area contributed by atoms with Gasteiger partial charge in [-0.25, -0.2) is 0 Å². The molecule has 0 unspecified atom stereocenters. The SMILES string of the molecule is O=C(O)[C@@H]1[C@H](C(=O)Nc2ccccc2-c2ccccc2)[C@@H]2C=C[C@H]1O2. The zero-order chi connectivity index (χ0) is 17.4. The van der Waals surface area contributed by atoms with Crippen LogP contribution in [0, 0.1) is 11.8 Å². The first-order chi connectivity index (χ1) is 12.1. The normalized spacial score (nSPS) is 26.6. The molecule has 0 radical (unpaired) electrons. The van der Waals surface area contributed by atoms with Crippen LogP contribution in [0.15, 0.2) is 66.7 Å². The number of para-hydroxylation sites is 1. The zero-order valence-electron chi connectivity index (χ0n) is 13.3. The lowest BCUT2D eigenvalue weighted by Gasteiger charge is -2.21. The van der Waals surface area contributed by atoms with E-state index in [0.29, 0.717) is 5.69 Å². The molecule has 2 aromatic carbocycles. The molecule has 0 aliphatic carbocycles. The van der Waals surface area contributed by atoms with E-state index in [1.165, 1.54) is 0 Å². The van der Waals surface area contributed by atoms with Crippen molar-refractivity contribution < 1.29 is 19.4 Å². The highest BCUT2D eigenvalue weighted by Crippen LogP contribution is 2.40. The molecule has 126 valence electrons. The maximum atomic E-state index is 12.8. The van der Waals surface area contributed by atoms with Crippen molar-refractivity contribution >= 4 is 17.6 Å². The van der Waals surface area contributed by atoms with Crippen LogP contribution < -0.4 is 5.32 Å². The van der Waals surface area contributed by atoms with Crippen molar-refractivity contribution in [3.63, 3.8) is 0 Å². The van der Waals surface area contributed by atoms with Crippen LogP contribution in [0.4, 0.5) is 5.69 Å². The van der Waals surface area contributed by atoms with Crippen LogP contribution in [0.1, 0.15) is 0 Å². The average Bonchev–Trinajstić information content (AvgIpc) is 3.24. The lowest BCUT2D eigenvalue weighted by molar-refractivity contribution is -0.145. The van der Waals surface area contributed by atoms with E-state index in [4.69, 9.17) is 4.74 Å². The first-order valence-corrected chi connectivity index (χ1v) is 8.17. The minimum absolute atomic E-state index is 0.326. The maximum absolute atomic E-state index is 12.8. The maximum Gasteiger partial charge on any atom is 0.310 e. The Hall–Kier alpha value is -2.92. The number of anilines is 1. The number of hydrogen-bond acceptors (Lipinski definition) is 3. The van der Waals surface area contributed by atoms with Gasteiger partial charge in [0.15, 0.2) is 0 Å². The summed E-state index contributed by atoms with van der Waals surface area (Å²) in [7, 11) is 0. The molecule has 2 N–H and O–H groups in total. The Morgan fingerprint density at radius 3 is 2.24 bits per heavy atom. The van der Waals surface area contributed by atoms with Crippen molar-refractivity contribution in [1.29, 1.82) is 0 Å². The molecule has 0 aromatic heterocycles. The summed E-state index contributed by atoms with van der Waals surface area (Å²) >= 11 is 0.